The van der Waals surface area contributed by atoms with Gasteiger partial charge in [-0.2, -0.15) is 0 Å². The van der Waals surface area contributed by atoms with Gasteiger partial charge in [-0.3, -0.25) is 4.90 Å². The Balaban J connectivity index is 2.00. The predicted octanol–water partition coefficient (Wildman–Crippen LogP) is 1.21. The highest BCUT2D eigenvalue weighted by Gasteiger charge is 2.33. The van der Waals surface area contributed by atoms with Crippen molar-refractivity contribution in [1.82, 2.24) is 10.2 Å². The van der Waals surface area contributed by atoms with Crippen LogP contribution >= 0.6 is 0 Å². The zero-order valence-corrected chi connectivity index (χ0v) is 10.6. The van der Waals surface area contributed by atoms with Crippen LogP contribution < -0.4 is 5.32 Å². The molecule has 1 saturated heterocycles. The van der Waals surface area contributed by atoms with Crippen LogP contribution in [0.2, 0.25) is 0 Å². The average molecular weight is 238 g/mol. The summed E-state index contributed by atoms with van der Waals surface area (Å²) in [6, 6.07) is 4.32. The van der Waals surface area contributed by atoms with E-state index >= 15 is 0 Å². The minimum atomic E-state index is 0.124. The number of hydrogen-bond acceptors (Lipinski definition) is 4. The average Bonchev–Trinajstić information content (AvgIpc) is 2.76. The van der Waals surface area contributed by atoms with Crippen LogP contribution in [0.15, 0.2) is 22.8 Å². The first-order chi connectivity index (χ1) is 8.12. The van der Waals surface area contributed by atoms with Crippen molar-refractivity contribution >= 4 is 0 Å². The fraction of sp³-hybridized carbons (Fsp3) is 0.692. The Bertz CT molecular complexity index is 335. The molecule has 1 aromatic heterocycles. The van der Waals surface area contributed by atoms with Crippen LogP contribution in [0.3, 0.4) is 0 Å². The molecule has 1 aromatic rings. The first kappa shape index (κ1) is 12.6. The topological polar surface area (TPSA) is 48.6 Å². The SMILES string of the molecule is CC1(C)CNC(CCO)CN1Cc1ccco1. The lowest BCUT2D eigenvalue weighted by Gasteiger charge is -2.45. The lowest BCUT2D eigenvalue weighted by molar-refractivity contribution is 0.0462. The quantitative estimate of drug-likeness (QED) is 0.828. The van der Waals surface area contributed by atoms with Crippen molar-refractivity contribution in [2.24, 2.45) is 0 Å². The molecule has 0 radical (unpaired) electrons. The third kappa shape index (κ3) is 3.09. The minimum Gasteiger partial charge on any atom is -0.468 e. The van der Waals surface area contributed by atoms with E-state index in [9.17, 15) is 0 Å². The Labute approximate surface area is 103 Å². The maximum Gasteiger partial charge on any atom is 0.117 e. The normalized spacial score (nSPS) is 25.0. The zero-order valence-electron chi connectivity index (χ0n) is 10.6. The van der Waals surface area contributed by atoms with Gasteiger partial charge in [-0.05, 0) is 32.4 Å². The molecule has 1 atom stereocenters. The van der Waals surface area contributed by atoms with Gasteiger partial charge in [0.2, 0.25) is 0 Å². The molecule has 0 bridgehead atoms. The molecule has 4 nitrogen and oxygen atoms in total. The van der Waals surface area contributed by atoms with Crippen molar-refractivity contribution in [3.63, 3.8) is 0 Å². The summed E-state index contributed by atoms with van der Waals surface area (Å²) in [6.45, 7) is 7.44. The maximum absolute atomic E-state index is 9.01. The molecule has 2 N–H and O–H groups in total. The first-order valence-corrected chi connectivity index (χ1v) is 6.23. The van der Waals surface area contributed by atoms with Crippen molar-refractivity contribution in [3.8, 4) is 0 Å². The van der Waals surface area contributed by atoms with E-state index in [0.717, 1.165) is 31.8 Å². The number of furan rings is 1. The molecule has 1 fully saturated rings. The van der Waals surface area contributed by atoms with E-state index in [4.69, 9.17) is 9.52 Å². The van der Waals surface area contributed by atoms with E-state index in [2.05, 4.69) is 24.1 Å². The van der Waals surface area contributed by atoms with E-state index in [1.807, 2.05) is 12.1 Å². The van der Waals surface area contributed by atoms with Gasteiger partial charge in [0.1, 0.15) is 5.76 Å². The molecule has 0 amide bonds. The summed E-state index contributed by atoms with van der Waals surface area (Å²) in [4.78, 5) is 2.42. The van der Waals surface area contributed by atoms with Gasteiger partial charge in [0.05, 0.1) is 12.8 Å². The molecule has 0 spiro atoms. The summed E-state index contributed by atoms with van der Waals surface area (Å²) in [5, 5.41) is 12.5. The fourth-order valence-corrected chi connectivity index (χ4v) is 2.30. The van der Waals surface area contributed by atoms with E-state index < -0.39 is 0 Å². The Morgan fingerprint density at radius 3 is 3.06 bits per heavy atom. The lowest BCUT2D eigenvalue weighted by atomic mass is 9.96. The van der Waals surface area contributed by atoms with Crippen LogP contribution in [0.25, 0.3) is 0 Å². The van der Waals surface area contributed by atoms with E-state index in [0.29, 0.717) is 6.04 Å². The second-order valence-corrected chi connectivity index (χ2v) is 5.36. The number of aliphatic hydroxyl groups is 1. The van der Waals surface area contributed by atoms with Crippen molar-refractivity contribution < 1.29 is 9.52 Å². The Morgan fingerprint density at radius 2 is 2.41 bits per heavy atom. The molecule has 0 aromatic carbocycles. The van der Waals surface area contributed by atoms with Crippen molar-refractivity contribution in [3.05, 3.63) is 24.2 Å². The molecule has 17 heavy (non-hydrogen) atoms. The van der Waals surface area contributed by atoms with Crippen LogP contribution in [-0.2, 0) is 6.54 Å². The summed E-state index contributed by atoms with van der Waals surface area (Å²) in [5.41, 5.74) is 0.124. The third-order valence-corrected chi connectivity index (χ3v) is 3.52. The van der Waals surface area contributed by atoms with Crippen molar-refractivity contribution in [2.45, 2.75) is 38.4 Å². The maximum atomic E-state index is 9.01. The molecule has 0 aliphatic carbocycles. The second kappa shape index (κ2) is 5.21. The largest absolute Gasteiger partial charge is 0.468 e. The molecule has 1 unspecified atom stereocenters. The van der Waals surface area contributed by atoms with Gasteiger partial charge in [0.15, 0.2) is 0 Å². The molecule has 2 rings (SSSR count). The van der Waals surface area contributed by atoms with Gasteiger partial charge in [-0.25, -0.2) is 0 Å². The molecule has 96 valence electrons. The van der Waals surface area contributed by atoms with Crippen LogP contribution in [0.5, 0.6) is 0 Å². The summed E-state index contributed by atoms with van der Waals surface area (Å²) >= 11 is 0. The van der Waals surface area contributed by atoms with Gasteiger partial charge in [0.25, 0.3) is 0 Å². The van der Waals surface area contributed by atoms with Gasteiger partial charge in [-0.1, -0.05) is 0 Å². The van der Waals surface area contributed by atoms with Crippen LogP contribution in [0.4, 0.5) is 0 Å². The molecule has 1 aliphatic rings. The molecular weight excluding hydrogens is 216 g/mol. The van der Waals surface area contributed by atoms with E-state index in [1.54, 1.807) is 6.26 Å². The highest BCUT2D eigenvalue weighted by atomic mass is 16.3. The van der Waals surface area contributed by atoms with Crippen molar-refractivity contribution in [2.75, 3.05) is 19.7 Å². The summed E-state index contributed by atoms with van der Waals surface area (Å²) in [7, 11) is 0. The lowest BCUT2D eigenvalue weighted by Crippen LogP contribution is -2.61. The van der Waals surface area contributed by atoms with Crippen molar-refractivity contribution in [1.29, 1.82) is 0 Å². The summed E-state index contributed by atoms with van der Waals surface area (Å²) in [6.07, 6.45) is 2.53. The number of rotatable bonds is 4. The predicted molar refractivity (Wildman–Crippen MR) is 66.7 cm³/mol. The Morgan fingerprint density at radius 1 is 1.59 bits per heavy atom. The van der Waals surface area contributed by atoms with Gasteiger partial charge in [-0.15, -0.1) is 0 Å². The highest BCUT2D eigenvalue weighted by molar-refractivity contribution is 5.01. The fourth-order valence-electron chi connectivity index (χ4n) is 2.30. The molecule has 0 saturated carbocycles. The molecular formula is C13H22N2O2. The van der Waals surface area contributed by atoms with Gasteiger partial charge in [0, 0.05) is 31.3 Å². The Kier molecular flexibility index (Phi) is 3.86. The monoisotopic (exact) mass is 238 g/mol. The van der Waals surface area contributed by atoms with Crippen LogP contribution in [0, 0.1) is 0 Å². The van der Waals surface area contributed by atoms with E-state index in [-0.39, 0.29) is 12.1 Å². The minimum absolute atomic E-state index is 0.124. The van der Waals surface area contributed by atoms with E-state index in [1.165, 1.54) is 0 Å². The van der Waals surface area contributed by atoms with Crippen LogP contribution in [-0.4, -0.2) is 41.3 Å². The number of nitrogens with one attached hydrogen (secondary N) is 1. The summed E-state index contributed by atoms with van der Waals surface area (Å²) in [5.74, 6) is 1.00. The standard InChI is InChI=1S/C13H22N2O2/c1-13(2)10-14-11(5-6-16)8-15(13)9-12-4-3-7-17-12/h3-4,7,11,14,16H,5-6,8-10H2,1-2H3. The first-order valence-electron chi connectivity index (χ1n) is 6.23. The number of aliphatic hydroxyl groups excluding tert-OH is 1. The highest BCUT2D eigenvalue weighted by Crippen LogP contribution is 2.22. The Hall–Kier alpha value is -0.840. The second-order valence-electron chi connectivity index (χ2n) is 5.36. The van der Waals surface area contributed by atoms with Gasteiger partial charge < -0.3 is 14.8 Å². The third-order valence-electron chi connectivity index (χ3n) is 3.52. The smallest absolute Gasteiger partial charge is 0.117 e. The number of hydrogen-bond donors (Lipinski definition) is 2. The van der Waals surface area contributed by atoms with Crippen LogP contribution in [0.1, 0.15) is 26.0 Å². The molecule has 2 heterocycles. The molecule has 1 aliphatic heterocycles. The number of piperazine rings is 1. The summed E-state index contributed by atoms with van der Waals surface area (Å²) < 4.78 is 5.41. The molecule has 4 heteroatoms. The van der Waals surface area contributed by atoms with Gasteiger partial charge >= 0.3 is 0 Å². The number of nitrogens with zero attached hydrogens (tertiary/aromatic N) is 1. The zero-order chi connectivity index (χ0) is 12.3.